The lowest BCUT2D eigenvalue weighted by atomic mass is 9.77. The van der Waals surface area contributed by atoms with Gasteiger partial charge in [-0.2, -0.15) is 0 Å². The zero-order chi connectivity index (χ0) is 15.7. The molecule has 0 amide bonds. The SMILES string of the molecule is Cc1cccc(S(=O)(=O)N[C@@H](c2cccs2)C2CC(O)C2)c1. The fraction of sp³-hybridized carbons (Fsp3) is 0.375. The van der Waals surface area contributed by atoms with Crippen LogP contribution >= 0.6 is 11.3 Å². The van der Waals surface area contributed by atoms with E-state index in [9.17, 15) is 13.5 Å². The van der Waals surface area contributed by atoms with Crippen molar-refractivity contribution in [3.63, 3.8) is 0 Å². The highest BCUT2D eigenvalue weighted by Crippen LogP contribution is 2.40. The Morgan fingerprint density at radius 2 is 2.05 bits per heavy atom. The van der Waals surface area contributed by atoms with Crippen LogP contribution in [-0.4, -0.2) is 19.6 Å². The number of hydrogen-bond acceptors (Lipinski definition) is 4. The molecule has 1 atom stereocenters. The van der Waals surface area contributed by atoms with Crippen LogP contribution in [0.5, 0.6) is 0 Å². The second kappa shape index (κ2) is 6.12. The highest BCUT2D eigenvalue weighted by atomic mass is 32.2. The maximum atomic E-state index is 12.6. The predicted molar refractivity (Wildman–Crippen MR) is 87.3 cm³/mol. The van der Waals surface area contributed by atoms with E-state index in [1.165, 1.54) is 0 Å². The Balaban J connectivity index is 1.87. The molecule has 1 aromatic heterocycles. The van der Waals surface area contributed by atoms with Gasteiger partial charge in [0.15, 0.2) is 0 Å². The Labute approximate surface area is 134 Å². The van der Waals surface area contributed by atoms with E-state index in [1.54, 1.807) is 29.5 Å². The Kier molecular flexibility index (Phi) is 4.36. The summed E-state index contributed by atoms with van der Waals surface area (Å²) in [5.74, 6) is 0.147. The van der Waals surface area contributed by atoms with Crippen LogP contribution in [0.3, 0.4) is 0 Å². The lowest BCUT2D eigenvalue weighted by molar-refractivity contribution is 0.0286. The number of rotatable bonds is 5. The van der Waals surface area contributed by atoms with Gasteiger partial charge in [-0.3, -0.25) is 0 Å². The minimum atomic E-state index is -3.57. The lowest BCUT2D eigenvalue weighted by Crippen LogP contribution is -2.41. The maximum absolute atomic E-state index is 12.6. The summed E-state index contributed by atoms with van der Waals surface area (Å²) in [6.07, 6.45) is 0.966. The quantitative estimate of drug-likeness (QED) is 0.882. The summed E-state index contributed by atoms with van der Waals surface area (Å²) in [6, 6.07) is 10.5. The number of benzene rings is 1. The van der Waals surface area contributed by atoms with E-state index in [4.69, 9.17) is 0 Å². The van der Waals surface area contributed by atoms with Gasteiger partial charge in [0.05, 0.1) is 17.0 Å². The summed E-state index contributed by atoms with van der Waals surface area (Å²) in [5.41, 5.74) is 0.912. The lowest BCUT2D eigenvalue weighted by Gasteiger charge is -2.37. The van der Waals surface area contributed by atoms with Gasteiger partial charge in [-0.15, -0.1) is 11.3 Å². The molecule has 1 aliphatic carbocycles. The van der Waals surface area contributed by atoms with Crippen LogP contribution in [0.15, 0.2) is 46.7 Å². The normalized spacial score (nSPS) is 23.0. The molecule has 1 aromatic carbocycles. The van der Waals surface area contributed by atoms with Crippen LogP contribution in [0.25, 0.3) is 0 Å². The van der Waals surface area contributed by atoms with Gasteiger partial charge in [-0.05, 0) is 54.8 Å². The molecule has 22 heavy (non-hydrogen) atoms. The summed E-state index contributed by atoms with van der Waals surface area (Å²) in [6.45, 7) is 1.87. The van der Waals surface area contributed by atoms with Gasteiger partial charge in [-0.1, -0.05) is 18.2 Å². The molecule has 1 fully saturated rings. The van der Waals surface area contributed by atoms with Crippen molar-refractivity contribution in [1.82, 2.24) is 4.72 Å². The summed E-state index contributed by atoms with van der Waals surface area (Å²) >= 11 is 1.54. The number of hydrogen-bond donors (Lipinski definition) is 2. The molecule has 0 unspecified atom stereocenters. The van der Waals surface area contributed by atoms with Crippen LogP contribution in [0.4, 0.5) is 0 Å². The molecular weight excluding hydrogens is 318 g/mol. The molecule has 0 saturated heterocycles. The Morgan fingerprint density at radius 1 is 1.27 bits per heavy atom. The van der Waals surface area contributed by atoms with Crippen LogP contribution < -0.4 is 4.72 Å². The minimum absolute atomic E-state index is 0.147. The molecule has 3 rings (SSSR count). The standard InChI is InChI=1S/C16H19NO3S2/c1-11-4-2-5-14(8-11)22(19,20)17-16(12-9-13(18)10-12)15-6-3-7-21-15/h2-8,12-13,16-18H,9-10H2,1H3/t12?,13?,16-/m1/s1. The molecule has 4 nitrogen and oxygen atoms in total. The molecule has 118 valence electrons. The summed E-state index contributed by atoms with van der Waals surface area (Å²) in [5, 5.41) is 11.5. The topological polar surface area (TPSA) is 66.4 Å². The Hall–Kier alpha value is -1.21. The molecule has 1 heterocycles. The fourth-order valence-corrected chi connectivity index (χ4v) is 5.11. The van der Waals surface area contributed by atoms with Crippen molar-refractivity contribution in [3.8, 4) is 0 Å². The number of aliphatic hydroxyl groups is 1. The minimum Gasteiger partial charge on any atom is -0.393 e. The average molecular weight is 337 g/mol. The molecule has 0 aliphatic heterocycles. The first kappa shape index (κ1) is 15.7. The van der Waals surface area contributed by atoms with Gasteiger partial charge in [0.2, 0.25) is 10.0 Å². The van der Waals surface area contributed by atoms with Gasteiger partial charge in [0.1, 0.15) is 0 Å². The molecule has 0 bridgehead atoms. The number of aryl methyl sites for hydroxylation is 1. The molecule has 0 spiro atoms. The van der Waals surface area contributed by atoms with E-state index in [0.717, 1.165) is 10.4 Å². The van der Waals surface area contributed by atoms with E-state index in [1.807, 2.05) is 30.5 Å². The molecule has 1 aliphatic rings. The Morgan fingerprint density at radius 3 is 2.64 bits per heavy atom. The fourth-order valence-electron chi connectivity index (χ4n) is 2.77. The molecule has 0 radical (unpaired) electrons. The third-order valence-corrected chi connectivity index (χ3v) is 6.45. The van der Waals surface area contributed by atoms with Crippen molar-refractivity contribution >= 4 is 21.4 Å². The zero-order valence-electron chi connectivity index (χ0n) is 12.3. The van der Waals surface area contributed by atoms with Crippen LogP contribution in [0, 0.1) is 12.8 Å². The van der Waals surface area contributed by atoms with Crippen molar-refractivity contribution in [2.75, 3.05) is 0 Å². The molecular formula is C16H19NO3S2. The van der Waals surface area contributed by atoms with Crippen molar-refractivity contribution in [1.29, 1.82) is 0 Å². The van der Waals surface area contributed by atoms with Crippen molar-refractivity contribution < 1.29 is 13.5 Å². The van der Waals surface area contributed by atoms with Gasteiger partial charge in [0, 0.05) is 4.88 Å². The second-order valence-electron chi connectivity index (χ2n) is 5.82. The molecule has 2 aromatic rings. The predicted octanol–water partition coefficient (Wildman–Crippen LogP) is 2.85. The number of aliphatic hydroxyl groups excluding tert-OH is 1. The largest absolute Gasteiger partial charge is 0.393 e. The second-order valence-corrected chi connectivity index (χ2v) is 8.51. The smallest absolute Gasteiger partial charge is 0.241 e. The average Bonchev–Trinajstić information content (AvgIpc) is 2.96. The Bertz CT molecular complexity index is 735. The van der Waals surface area contributed by atoms with E-state index >= 15 is 0 Å². The van der Waals surface area contributed by atoms with Crippen molar-refractivity contribution in [3.05, 3.63) is 52.2 Å². The van der Waals surface area contributed by atoms with E-state index in [-0.39, 0.29) is 23.0 Å². The molecule has 1 saturated carbocycles. The van der Waals surface area contributed by atoms with E-state index in [2.05, 4.69) is 4.72 Å². The highest BCUT2D eigenvalue weighted by Gasteiger charge is 2.37. The first-order valence-corrected chi connectivity index (χ1v) is 9.62. The molecule has 2 N–H and O–H groups in total. The number of nitrogens with one attached hydrogen (secondary N) is 1. The first-order valence-electron chi connectivity index (χ1n) is 7.26. The monoisotopic (exact) mass is 337 g/mol. The van der Waals surface area contributed by atoms with Crippen molar-refractivity contribution in [2.24, 2.45) is 5.92 Å². The third kappa shape index (κ3) is 3.25. The van der Waals surface area contributed by atoms with Crippen LogP contribution in [0.2, 0.25) is 0 Å². The van der Waals surface area contributed by atoms with E-state index < -0.39 is 10.0 Å². The maximum Gasteiger partial charge on any atom is 0.241 e. The summed E-state index contributed by atoms with van der Waals surface area (Å²) in [7, 11) is -3.57. The summed E-state index contributed by atoms with van der Waals surface area (Å²) in [4.78, 5) is 1.28. The van der Waals surface area contributed by atoms with Gasteiger partial charge in [0.25, 0.3) is 0 Å². The van der Waals surface area contributed by atoms with E-state index in [0.29, 0.717) is 12.8 Å². The van der Waals surface area contributed by atoms with Gasteiger partial charge >= 0.3 is 0 Å². The van der Waals surface area contributed by atoms with Gasteiger partial charge < -0.3 is 5.11 Å². The first-order chi connectivity index (χ1) is 10.5. The van der Waals surface area contributed by atoms with Crippen LogP contribution in [-0.2, 0) is 10.0 Å². The summed E-state index contributed by atoms with van der Waals surface area (Å²) < 4.78 is 28.1. The van der Waals surface area contributed by atoms with Crippen molar-refractivity contribution in [2.45, 2.75) is 36.8 Å². The number of thiophene rings is 1. The zero-order valence-corrected chi connectivity index (χ0v) is 13.9. The molecule has 6 heteroatoms. The van der Waals surface area contributed by atoms with Crippen LogP contribution in [0.1, 0.15) is 29.3 Å². The van der Waals surface area contributed by atoms with Gasteiger partial charge in [-0.25, -0.2) is 13.1 Å². The number of sulfonamides is 1. The highest BCUT2D eigenvalue weighted by molar-refractivity contribution is 7.89. The third-order valence-electron chi connectivity index (χ3n) is 4.05.